The van der Waals surface area contributed by atoms with Crippen molar-refractivity contribution in [2.24, 2.45) is 5.92 Å². The molecule has 1 aromatic heterocycles. The summed E-state index contributed by atoms with van der Waals surface area (Å²) < 4.78 is 10.8. The van der Waals surface area contributed by atoms with Crippen LogP contribution in [0, 0.1) is 5.92 Å². The Morgan fingerprint density at radius 1 is 0.912 bits per heavy atom. The topological polar surface area (TPSA) is 58.2 Å². The maximum absolute atomic E-state index is 13.8. The van der Waals surface area contributed by atoms with Gasteiger partial charge >= 0.3 is 11.4 Å². The summed E-state index contributed by atoms with van der Waals surface area (Å²) in [6.45, 7) is 5.01. The second-order valence-corrected chi connectivity index (χ2v) is 9.35. The summed E-state index contributed by atoms with van der Waals surface area (Å²) in [5.41, 5.74) is 2.48. The Kier molecular flexibility index (Phi) is 6.31. The smallest absolute Gasteiger partial charge is 0.352 e. The largest absolute Gasteiger partial charge is 0.496 e. The second-order valence-electron chi connectivity index (χ2n) is 9.35. The standard InChI is InChI=1S/C28H33N3O3/c1-3-5-8-15-21-18-23(20-13-9-6-10-14-20)25-24(34-4-2)19-29-27(32)30(22-16-11-7-12-17-22)28(33)31(29)26(21)25/h6-7,9-14,16-17,21,23,26H,3-5,8,15,18-19H2,1-2H3. The fourth-order valence-corrected chi connectivity index (χ4v) is 5.88. The summed E-state index contributed by atoms with van der Waals surface area (Å²) in [6, 6.07) is 19.6. The lowest BCUT2D eigenvalue weighted by Crippen LogP contribution is -2.38. The molecule has 1 saturated carbocycles. The predicted octanol–water partition coefficient (Wildman–Crippen LogP) is 5.03. The minimum atomic E-state index is -0.303. The van der Waals surface area contributed by atoms with E-state index in [1.165, 1.54) is 22.1 Å². The van der Waals surface area contributed by atoms with Gasteiger partial charge in [0.15, 0.2) is 0 Å². The summed E-state index contributed by atoms with van der Waals surface area (Å²) in [5, 5.41) is 0. The zero-order valence-electron chi connectivity index (χ0n) is 20.0. The van der Waals surface area contributed by atoms with E-state index in [1.807, 2.05) is 43.3 Å². The lowest BCUT2D eigenvalue weighted by Gasteiger charge is -2.31. The van der Waals surface area contributed by atoms with Crippen LogP contribution in [0.1, 0.15) is 63.5 Å². The first kappa shape index (κ1) is 22.5. The van der Waals surface area contributed by atoms with Crippen molar-refractivity contribution in [3.63, 3.8) is 0 Å². The first-order valence-electron chi connectivity index (χ1n) is 12.6. The second kappa shape index (κ2) is 9.53. The van der Waals surface area contributed by atoms with Gasteiger partial charge in [-0.25, -0.2) is 23.5 Å². The molecule has 6 nitrogen and oxygen atoms in total. The molecular formula is C28H33N3O3. The van der Waals surface area contributed by atoms with Gasteiger partial charge in [-0.05, 0) is 43.4 Å². The van der Waals surface area contributed by atoms with Gasteiger partial charge in [-0.15, -0.1) is 0 Å². The highest BCUT2D eigenvalue weighted by atomic mass is 16.5. The Hall–Kier alpha value is -3.28. The van der Waals surface area contributed by atoms with Crippen LogP contribution in [0.25, 0.3) is 5.69 Å². The minimum Gasteiger partial charge on any atom is -0.496 e. The number of para-hydroxylation sites is 1. The van der Waals surface area contributed by atoms with Gasteiger partial charge in [-0.1, -0.05) is 74.7 Å². The molecule has 6 heteroatoms. The van der Waals surface area contributed by atoms with E-state index in [1.54, 1.807) is 9.36 Å². The summed E-state index contributed by atoms with van der Waals surface area (Å²) in [5.74, 6) is 1.32. The first-order chi connectivity index (χ1) is 16.7. The van der Waals surface area contributed by atoms with Gasteiger partial charge in [0.05, 0.1) is 18.3 Å². The summed E-state index contributed by atoms with van der Waals surface area (Å²) in [6.07, 6.45) is 5.43. The summed E-state index contributed by atoms with van der Waals surface area (Å²) in [7, 11) is 0. The van der Waals surface area contributed by atoms with Gasteiger partial charge in [0.25, 0.3) is 0 Å². The highest BCUT2D eigenvalue weighted by Crippen LogP contribution is 2.53. The van der Waals surface area contributed by atoms with Crippen LogP contribution in [-0.2, 0) is 11.3 Å². The van der Waals surface area contributed by atoms with Gasteiger partial charge in [-0.2, -0.15) is 0 Å². The number of benzene rings is 2. The molecule has 5 rings (SSSR count). The van der Waals surface area contributed by atoms with Gasteiger partial charge in [0, 0.05) is 11.5 Å². The molecule has 3 unspecified atom stereocenters. The number of hydrogen-bond acceptors (Lipinski definition) is 3. The number of ether oxygens (including phenoxy) is 1. The van der Waals surface area contributed by atoms with Crippen LogP contribution in [0.15, 0.2) is 81.6 Å². The number of nitrogens with zero attached hydrogens (tertiary/aromatic N) is 3. The van der Waals surface area contributed by atoms with Gasteiger partial charge in [-0.3, -0.25) is 0 Å². The average molecular weight is 460 g/mol. The zero-order chi connectivity index (χ0) is 23.7. The lowest BCUT2D eigenvalue weighted by atomic mass is 9.91. The molecule has 0 spiro atoms. The number of hydrogen-bond donors (Lipinski definition) is 0. The third-order valence-corrected chi connectivity index (χ3v) is 7.33. The van der Waals surface area contributed by atoms with Crippen LogP contribution in [0.5, 0.6) is 0 Å². The van der Waals surface area contributed by atoms with E-state index in [0.717, 1.165) is 31.4 Å². The van der Waals surface area contributed by atoms with E-state index in [0.29, 0.717) is 18.8 Å². The van der Waals surface area contributed by atoms with Crippen LogP contribution in [0.2, 0.25) is 0 Å². The molecular weight excluding hydrogens is 426 g/mol. The summed E-state index contributed by atoms with van der Waals surface area (Å²) >= 11 is 0. The molecule has 0 N–H and O–H groups in total. The fraction of sp³-hybridized carbons (Fsp3) is 0.429. The molecule has 3 aromatic rings. The average Bonchev–Trinajstić information content (AvgIpc) is 3.36. The highest BCUT2D eigenvalue weighted by Gasteiger charge is 2.47. The van der Waals surface area contributed by atoms with E-state index in [2.05, 4.69) is 31.2 Å². The van der Waals surface area contributed by atoms with Crippen molar-refractivity contribution in [3.05, 3.63) is 98.5 Å². The molecule has 34 heavy (non-hydrogen) atoms. The van der Waals surface area contributed by atoms with Crippen LogP contribution in [0.4, 0.5) is 0 Å². The maximum atomic E-state index is 13.8. The molecule has 3 atom stereocenters. The van der Waals surface area contributed by atoms with Crippen LogP contribution in [-0.4, -0.2) is 20.5 Å². The quantitative estimate of drug-likeness (QED) is 0.444. The number of rotatable bonds is 8. The molecule has 1 aliphatic carbocycles. The van der Waals surface area contributed by atoms with Crippen molar-refractivity contribution in [2.75, 3.05) is 6.61 Å². The Morgan fingerprint density at radius 2 is 1.62 bits per heavy atom. The van der Waals surface area contributed by atoms with E-state index in [4.69, 9.17) is 4.74 Å². The molecule has 178 valence electrons. The Bertz CT molecular complexity index is 1280. The first-order valence-corrected chi connectivity index (χ1v) is 12.6. The molecule has 1 fully saturated rings. The van der Waals surface area contributed by atoms with Gasteiger partial charge in [0.2, 0.25) is 0 Å². The molecule has 2 aromatic carbocycles. The van der Waals surface area contributed by atoms with Gasteiger partial charge in [0.1, 0.15) is 12.3 Å². The molecule has 2 aliphatic rings. The SMILES string of the molecule is CCCCCC1CC(c2ccccc2)C2=C(OCC)Cn3c(=O)n(-c4ccccc4)c(=O)n3C21. The van der Waals surface area contributed by atoms with Crippen molar-refractivity contribution in [1.29, 1.82) is 0 Å². The van der Waals surface area contributed by atoms with E-state index in [-0.39, 0.29) is 29.3 Å². The Labute approximate surface area is 200 Å². The van der Waals surface area contributed by atoms with Crippen LogP contribution < -0.4 is 11.4 Å². The number of allylic oxidation sites excluding steroid dienone is 2. The molecule has 0 bridgehead atoms. The van der Waals surface area contributed by atoms with Crippen molar-refractivity contribution in [2.45, 2.75) is 64.5 Å². The van der Waals surface area contributed by atoms with E-state index in [9.17, 15) is 9.59 Å². The van der Waals surface area contributed by atoms with Crippen molar-refractivity contribution < 1.29 is 4.74 Å². The minimum absolute atomic E-state index is 0.164. The molecule has 0 amide bonds. The van der Waals surface area contributed by atoms with Crippen LogP contribution >= 0.6 is 0 Å². The Morgan fingerprint density at radius 3 is 2.29 bits per heavy atom. The molecule has 1 aliphatic heterocycles. The normalized spacial score (nSPS) is 21.4. The zero-order valence-corrected chi connectivity index (χ0v) is 20.0. The van der Waals surface area contributed by atoms with E-state index >= 15 is 0 Å². The summed E-state index contributed by atoms with van der Waals surface area (Å²) in [4.78, 5) is 27.3. The monoisotopic (exact) mass is 459 g/mol. The number of unbranched alkanes of at least 4 members (excludes halogenated alkanes) is 2. The Balaban J connectivity index is 1.69. The van der Waals surface area contributed by atoms with Crippen molar-refractivity contribution >= 4 is 0 Å². The number of fused-ring (bicyclic) bond motifs is 3. The fourth-order valence-electron chi connectivity index (χ4n) is 5.88. The molecule has 0 saturated heterocycles. The third-order valence-electron chi connectivity index (χ3n) is 7.33. The van der Waals surface area contributed by atoms with Gasteiger partial charge < -0.3 is 4.74 Å². The maximum Gasteiger partial charge on any atom is 0.352 e. The predicted molar refractivity (Wildman–Crippen MR) is 133 cm³/mol. The van der Waals surface area contributed by atoms with E-state index < -0.39 is 0 Å². The molecule has 0 radical (unpaired) electrons. The van der Waals surface area contributed by atoms with Crippen molar-refractivity contribution in [3.8, 4) is 5.69 Å². The lowest BCUT2D eigenvalue weighted by molar-refractivity contribution is 0.174. The molecule has 2 heterocycles. The van der Waals surface area contributed by atoms with Crippen LogP contribution in [0.3, 0.4) is 0 Å². The third kappa shape index (κ3) is 3.75. The van der Waals surface area contributed by atoms with Crippen molar-refractivity contribution in [1.82, 2.24) is 13.9 Å². The number of aromatic nitrogens is 3. The highest BCUT2D eigenvalue weighted by molar-refractivity contribution is 5.39.